The van der Waals surface area contributed by atoms with E-state index in [1.165, 1.54) is 0 Å². The fraction of sp³-hybridized carbons (Fsp3) is 0.222. The second kappa shape index (κ2) is 5.65. The van der Waals surface area contributed by atoms with Gasteiger partial charge in [0.25, 0.3) is 11.8 Å². The maximum atomic E-state index is 12.4. The van der Waals surface area contributed by atoms with Gasteiger partial charge in [0.15, 0.2) is 0 Å². The zero-order chi connectivity index (χ0) is 16.7. The van der Waals surface area contributed by atoms with Crippen LogP contribution in [-0.4, -0.2) is 35.1 Å². The largest absolute Gasteiger partial charge is 0.396 e. The second-order valence-corrected chi connectivity index (χ2v) is 5.99. The minimum atomic E-state index is -0.149. The van der Waals surface area contributed by atoms with Gasteiger partial charge in [-0.15, -0.1) is 0 Å². The molecule has 0 saturated carbocycles. The number of rotatable bonds is 3. The van der Waals surface area contributed by atoms with Gasteiger partial charge in [0, 0.05) is 48.3 Å². The quantitative estimate of drug-likeness (QED) is 0.643. The lowest BCUT2D eigenvalue weighted by Crippen LogP contribution is -2.33. The van der Waals surface area contributed by atoms with Crippen LogP contribution in [0.25, 0.3) is 5.57 Å². The number of aliphatic hydroxyl groups is 1. The summed E-state index contributed by atoms with van der Waals surface area (Å²) in [7, 11) is 0. The van der Waals surface area contributed by atoms with E-state index in [0.717, 1.165) is 22.4 Å². The fourth-order valence-electron chi connectivity index (χ4n) is 3.45. The van der Waals surface area contributed by atoms with Crippen LogP contribution in [0.5, 0.6) is 0 Å². The molecular weight excluding hydrogens is 306 g/mol. The molecule has 24 heavy (non-hydrogen) atoms. The maximum absolute atomic E-state index is 12.4. The molecule has 0 radical (unpaired) electrons. The Bertz CT molecular complexity index is 866. The molecule has 3 heterocycles. The molecule has 2 aromatic rings. The summed E-state index contributed by atoms with van der Waals surface area (Å²) in [6.07, 6.45) is 5.89. The fourth-order valence-corrected chi connectivity index (χ4v) is 3.45. The highest BCUT2D eigenvalue weighted by Crippen LogP contribution is 2.37. The molecule has 2 aliphatic heterocycles. The summed E-state index contributed by atoms with van der Waals surface area (Å²) in [5.41, 5.74) is 4.67. The molecule has 0 fully saturated rings. The van der Waals surface area contributed by atoms with Crippen molar-refractivity contribution >= 4 is 23.1 Å². The number of carbonyl (C=O) groups excluding carboxylic acids is 2. The van der Waals surface area contributed by atoms with Gasteiger partial charge in [-0.3, -0.25) is 9.59 Å². The summed E-state index contributed by atoms with van der Waals surface area (Å²) in [6, 6.07) is 5.66. The third-order valence-electron chi connectivity index (χ3n) is 4.57. The van der Waals surface area contributed by atoms with Crippen molar-refractivity contribution in [2.45, 2.75) is 12.3 Å². The Morgan fingerprint density at radius 3 is 2.92 bits per heavy atom. The molecule has 6 nitrogen and oxygen atoms in total. The molecule has 0 aliphatic carbocycles. The molecule has 122 valence electrons. The summed E-state index contributed by atoms with van der Waals surface area (Å²) in [5.74, 6) is -0.319. The average Bonchev–Trinajstić information content (AvgIpc) is 3.17. The number of amides is 2. The van der Waals surface area contributed by atoms with Gasteiger partial charge in [0.2, 0.25) is 0 Å². The van der Waals surface area contributed by atoms with E-state index in [4.69, 9.17) is 0 Å². The molecule has 2 aliphatic rings. The van der Waals surface area contributed by atoms with E-state index in [-0.39, 0.29) is 24.3 Å². The minimum Gasteiger partial charge on any atom is -0.396 e. The first kappa shape index (κ1) is 14.7. The molecule has 1 aromatic heterocycles. The van der Waals surface area contributed by atoms with Crippen molar-refractivity contribution in [3.8, 4) is 0 Å². The Labute approximate surface area is 138 Å². The van der Waals surface area contributed by atoms with Crippen LogP contribution in [0.2, 0.25) is 0 Å². The number of H-pyrrole nitrogens is 1. The second-order valence-electron chi connectivity index (χ2n) is 5.99. The number of carbonyl (C=O) groups is 2. The topological polar surface area (TPSA) is 94.2 Å². The third kappa shape index (κ3) is 2.23. The number of aromatic nitrogens is 1. The third-order valence-corrected chi connectivity index (χ3v) is 4.57. The molecule has 1 aromatic carbocycles. The molecule has 1 atom stereocenters. The number of anilines is 1. The zero-order valence-corrected chi connectivity index (χ0v) is 12.9. The van der Waals surface area contributed by atoms with Gasteiger partial charge in [-0.25, -0.2) is 0 Å². The van der Waals surface area contributed by atoms with Crippen molar-refractivity contribution < 1.29 is 14.7 Å². The Balaban J connectivity index is 1.79. The summed E-state index contributed by atoms with van der Waals surface area (Å²) in [5, 5.41) is 15.0. The molecule has 0 spiro atoms. The van der Waals surface area contributed by atoms with Gasteiger partial charge in [-0.05, 0) is 23.6 Å². The molecule has 0 bridgehead atoms. The molecule has 4 rings (SSSR count). The first-order valence-electron chi connectivity index (χ1n) is 7.90. The van der Waals surface area contributed by atoms with Crippen LogP contribution < -0.4 is 10.6 Å². The number of hydrogen-bond donors (Lipinski definition) is 4. The Morgan fingerprint density at radius 1 is 1.21 bits per heavy atom. The average molecular weight is 323 g/mol. The van der Waals surface area contributed by atoms with Gasteiger partial charge in [-0.1, -0.05) is 18.2 Å². The summed E-state index contributed by atoms with van der Waals surface area (Å²) < 4.78 is 0. The highest BCUT2D eigenvalue weighted by molar-refractivity contribution is 6.32. The first-order valence-corrected chi connectivity index (χ1v) is 7.90. The molecule has 2 amide bonds. The van der Waals surface area contributed by atoms with Crippen LogP contribution in [-0.2, 0) is 11.2 Å². The highest BCUT2D eigenvalue weighted by Gasteiger charge is 2.30. The van der Waals surface area contributed by atoms with Crippen molar-refractivity contribution in [3.05, 3.63) is 58.9 Å². The van der Waals surface area contributed by atoms with Crippen LogP contribution in [0.15, 0.2) is 36.7 Å². The number of aromatic amines is 1. The summed E-state index contributed by atoms with van der Waals surface area (Å²) >= 11 is 0. The maximum Gasteiger partial charge on any atom is 0.256 e. The number of hydrogen-bond acceptors (Lipinski definition) is 3. The van der Waals surface area contributed by atoms with Gasteiger partial charge in [0.05, 0.1) is 5.56 Å². The zero-order valence-electron chi connectivity index (χ0n) is 12.9. The van der Waals surface area contributed by atoms with Crippen LogP contribution >= 0.6 is 0 Å². The molecule has 0 saturated heterocycles. The molecular formula is C18H17N3O3. The highest BCUT2D eigenvalue weighted by atomic mass is 16.3. The van der Waals surface area contributed by atoms with Gasteiger partial charge in [0.1, 0.15) is 0 Å². The number of benzene rings is 1. The van der Waals surface area contributed by atoms with Gasteiger partial charge in [-0.2, -0.15) is 0 Å². The SMILES string of the molecule is O=C1Nc2cccc(CCO)c2C1=CC1CNC(=O)c2c[nH]cc21. The molecule has 4 N–H and O–H groups in total. The first-order chi connectivity index (χ1) is 11.7. The van der Waals surface area contributed by atoms with Crippen molar-refractivity contribution in [1.29, 1.82) is 0 Å². The normalized spacial score (nSPS) is 20.5. The van der Waals surface area contributed by atoms with Crippen LogP contribution in [0.1, 0.15) is 33.0 Å². The summed E-state index contributed by atoms with van der Waals surface area (Å²) in [4.78, 5) is 27.3. The van der Waals surface area contributed by atoms with E-state index in [1.54, 1.807) is 6.20 Å². The number of nitrogens with one attached hydrogen (secondary N) is 3. The van der Waals surface area contributed by atoms with Crippen molar-refractivity contribution in [1.82, 2.24) is 10.3 Å². The van der Waals surface area contributed by atoms with E-state index in [2.05, 4.69) is 15.6 Å². The number of fused-ring (bicyclic) bond motifs is 2. The Hall–Kier alpha value is -2.86. The van der Waals surface area contributed by atoms with E-state index in [0.29, 0.717) is 24.1 Å². The lowest BCUT2D eigenvalue weighted by molar-refractivity contribution is -0.110. The smallest absolute Gasteiger partial charge is 0.256 e. The standard InChI is InChI=1S/C18H17N3O3/c22-5-4-10-2-1-3-15-16(10)12(18(24)21-15)6-11-7-20-17(23)14-9-19-8-13(11)14/h1-3,6,8-9,11,19,22H,4-5,7H2,(H,20,23)(H,21,24). The summed E-state index contributed by atoms with van der Waals surface area (Å²) in [6.45, 7) is 0.483. The van der Waals surface area contributed by atoms with Crippen LogP contribution in [0, 0.1) is 0 Å². The van der Waals surface area contributed by atoms with E-state index >= 15 is 0 Å². The van der Waals surface area contributed by atoms with Gasteiger partial charge >= 0.3 is 0 Å². The lowest BCUT2D eigenvalue weighted by atomic mass is 9.89. The van der Waals surface area contributed by atoms with Crippen LogP contribution in [0.3, 0.4) is 0 Å². The van der Waals surface area contributed by atoms with E-state index in [1.807, 2.05) is 30.5 Å². The van der Waals surface area contributed by atoms with Gasteiger partial charge < -0.3 is 20.7 Å². The predicted molar refractivity (Wildman–Crippen MR) is 89.7 cm³/mol. The van der Waals surface area contributed by atoms with Crippen molar-refractivity contribution in [2.24, 2.45) is 0 Å². The molecule has 6 heteroatoms. The minimum absolute atomic E-state index is 0.0272. The van der Waals surface area contributed by atoms with Crippen molar-refractivity contribution in [2.75, 3.05) is 18.5 Å². The van der Waals surface area contributed by atoms with Crippen LogP contribution in [0.4, 0.5) is 5.69 Å². The molecule has 1 unspecified atom stereocenters. The lowest BCUT2D eigenvalue weighted by Gasteiger charge is -2.21. The number of aliphatic hydroxyl groups excluding tert-OH is 1. The Kier molecular flexibility index (Phi) is 3.46. The van der Waals surface area contributed by atoms with E-state index < -0.39 is 0 Å². The van der Waals surface area contributed by atoms with E-state index in [9.17, 15) is 14.7 Å². The van der Waals surface area contributed by atoms with Crippen molar-refractivity contribution in [3.63, 3.8) is 0 Å². The monoisotopic (exact) mass is 323 g/mol. The Morgan fingerprint density at radius 2 is 2.08 bits per heavy atom. The predicted octanol–water partition coefficient (Wildman–Crippen LogP) is 1.41.